The molecule has 0 aromatic carbocycles. The van der Waals surface area contributed by atoms with Gasteiger partial charge in [0, 0.05) is 25.3 Å². The third kappa shape index (κ3) is 3.40. The zero-order chi connectivity index (χ0) is 15.6. The van der Waals surface area contributed by atoms with E-state index in [2.05, 4.69) is 31.2 Å². The van der Waals surface area contributed by atoms with E-state index >= 15 is 0 Å². The summed E-state index contributed by atoms with van der Waals surface area (Å²) in [7, 11) is 6.07. The Balaban J connectivity index is 2.05. The van der Waals surface area contributed by atoms with E-state index < -0.39 is 0 Å². The van der Waals surface area contributed by atoms with Crippen molar-refractivity contribution in [2.75, 3.05) is 26.4 Å². The Hall–Kier alpha value is -1.49. The second-order valence-electron chi connectivity index (χ2n) is 6.77. The maximum Gasteiger partial charge on any atom is 0.268 e. The molecular weight excluding hydrogens is 264 g/mol. The Morgan fingerprint density at radius 3 is 2.81 bits per heavy atom. The molecule has 3 N–H and O–H groups in total. The first-order valence-electron chi connectivity index (χ1n) is 7.71. The first-order valence-corrected chi connectivity index (χ1v) is 7.71. The number of carbonyl (C=O) groups excluding carboxylic acids is 1. The van der Waals surface area contributed by atoms with Crippen molar-refractivity contribution in [1.82, 2.24) is 14.8 Å². The zero-order valence-corrected chi connectivity index (χ0v) is 13.6. The highest BCUT2D eigenvalue weighted by atomic mass is 16.1. The minimum absolute atomic E-state index is 0.0475. The van der Waals surface area contributed by atoms with Crippen molar-refractivity contribution in [3.05, 3.63) is 18.0 Å². The Morgan fingerprint density at radius 2 is 2.29 bits per heavy atom. The molecule has 1 heterocycles. The molecule has 1 aromatic heterocycles. The van der Waals surface area contributed by atoms with Gasteiger partial charge in [-0.1, -0.05) is 19.8 Å². The summed E-state index contributed by atoms with van der Waals surface area (Å²) in [6, 6.07) is 1.72. The summed E-state index contributed by atoms with van der Waals surface area (Å²) in [5, 5.41) is 3.11. The third-order valence-electron chi connectivity index (χ3n) is 4.85. The fourth-order valence-electron chi connectivity index (χ4n) is 3.51. The molecular formula is C16H28N4O. The van der Waals surface area contributed by atoms with Gasteiger partial charge in [0.05, 0.1) is 5.69 Å². The monoisotopic (exact) mass is 292 g/mol. The van der Waals surface area contributed by atoms with Gasteiger partial charge in [-0.2, -0.15) is 0 Å². The molecule has 118 valence electrons. The maximum atomic E-state index is 12.4. The number of amides is 1. The molecule has 0 aliphatic heterocycles. The first kappa shape index (κ1) is 15.9. The van der Waals surface area contributed by atoms with Crippen LogP contribution in [0.4, 0.5) is 5.69 Å². The smallest absolute Gasteiger partial charge is 0.268 e. The third-order valence-corrected chi connectivity index (χ3v) is 4.85. The highest BCUT2D eigenvalue weighted by molar-refractivity contribution is 5.93. The number of aromatic nitrogens is 1. The van der Waals surface area contributed by atoms with E-state index in [9.17, 15) is 4.79 Å². The Labute approximate surface area is 127 Å². The second kappa shape index (κ2) is 6.10. The summed E-state index contributed by atoms with van der Waals surface area (Å²) >= 11 is 0. The highest BCUT2D eigenvalue weighted by Gasteiger charge is 2.37. The number of nitrogen functional groups attached to an aromatic ring is 1. The average Bonchev–Trinajstić information content (AvgIpc) is 2.75. The second-order valence-corrected chi connectivity index (χ2v) is 6.77. The molecule has 1 aliphatic carbocycles. The lowest BCUT2D eigenvalue weighted by atomic mass is 9.75. The van der Waals surface area contributed by atoms with Crippen molar-refractivity contribution in [1.29, 1.82) is 0 Å². The number of aryl methyl sites for hydroxylation is 1. The molecule has 2 unspecified atom stereocenters. The van der Waals surface area contributed by atoms with E-state index in [1.165, 1.54) is 12.8 Å². The number of rotatable bonds is 4. The van der Waals surface area contributed by atoms with Crippen molar-refractivity contribution in [3.63, 3.8) is 0 Å². The quantitative estimate of drug-likeness (QED) is 0.890. The van der Waals surface area contributed by atoms with Gasteiger partial charge in [0.2, 0.25) is 0 Å². The average molecular weight is 292 g/mol. The van der Waals surface area contributed by atoms with Gasteiger partial charge in [-0.3, -0.25) is 4.79 Å². The molecule has 0 saturated heterocycles. The van der Waals surface area contributed by atoms with E-state index in [1.807, 2.05) is 7.05 Å². The van der Waals surface area contributed by atoms with Crippen LogP contribution in [0.15, 0.2) is 12.3 Å². The number of nitrogens with zero attached hydrogens (tertiary/aromatic N) is 2. The number of likely N-dealkylation sites (N-methyl/N-ethyl adjacent to an activating group) is 1. The summed E-state index contributed by atoms with van der Waals surface area (Å²) in [6.07, 6.45) is 6.55. The van der Waals surface area contributed by atoms with E-state index in [0.29, 0.717) is 23.8 Å². The molecule has 2 rings (SSSR count). The van der Waals surface area contributed by atoms with Gasteiger partial charge < -0.3 is 20.5 Å². The zero-order valence-electron chi connectivity index (χ0n) is 13.6. The molecule has 0 bridgehead atoms. The molecule has 5 nitrogen and oxygen atoms in total. The van der Waals surface area contributed by atoms with Crippen LogP contribution >= 0.6 is 0 Å². The van der Waals surface area contributed by atoms with Crippen molar-refractivity contribution >= 4 is 11.6 Å². The largest absolute Gasteiger partial charge is 0.397 e. The van der Waals surface area contributed by atoms with Crippen LogP contribution in [0.3, 0.4) is 0 Å². The molecule has 2 atom stereocenters. The predicted molar refractivity (Wildman–Crippen MR) is 86.2 cm³/mol. The van der Waals surface area contributed by atoms with Crippen LogP contribution in [-0.4, -0.2) is 41.6 Å². The maximum absolute atomic E-state index is 12.4. The summed E-state index contributed by atoms with van der Waals surface area (Å²) in [6.45, 7) is 2.99. The van der Waals surface area contributed by atoms with Crippen molar-refractivity contribution in [2.24, 2.45) is 13.0 Å². The summed E-state index contributed by atoms with van der Waals surface area (Å²) < 4.78 is 1.77. The summed E-state index contributed by atoms with van der Waals surface area (Å²) in [5.74, 6) is 0.664. The van der Waals surface area contributed by atoms with Crippen molar-refractivity contribution in [3.8, 4) is 0 Å². The van der Waals surface area contributed by atoms with E-state index in [4.69, 9.17) is 5.73 Å². The van der Waals surface area contributed by atoms with E-state index in [1.54, 1.807) is 16.8 Å². The molecule has 1 amide bonds. The van der Waals surface area contributed by atoms with Gasteiger partial charge in [0.1, 0.15) is 5.69 Å². The standard InChI is InChI=1S/C16H28N4O/c1-12-6-5-7-16(9-12,19(2)3)11-18-15(21)14-8-13(17)10-20(14)4/h8,10,12H,5-7,9,11,17H2,1-4H3,(H,18,21). The Bertz CT molecular complexity index is 508. The van der Waals surface area contributed by atoms with Crippen LogP contribution in [0.1, 0.15) is 43.1 Å². The summed E-state index contributed by atoms with van der Waals surface area (Å²) in [5.41, 5.74) is 7.05. The molecule has 0 spiro atoms. The number of nitrogens with two attached hydrogens (primary N) is 1. The Morgan fingerprint density at radius 1 is 1.57 bits per heavy atom. The number of hydrogen-bond acceptors (Lipinski definition) is 3. The number of anilines is 1. The number of nitrogens with one attached hydrogen (secondary N) is 1. The molecule has 21 heavy (non-hydrogen) atoms. The van der Waals surface area contributed by atoms with Crippen LogP contribution in [0.2, 0.25) is 0 Å². The van der Waals surface area contributed by atoms with Crippen LogP contribution in [-0.2, 0) is 7.05 Å². The molecule has 1 aromatic rings. The van der Waals surface area contributed by atoms with Crippen molar-refractivity contribution in [2.45, 2.75) is 38.1 Å². The fourth-order valence-corrected chi connectivity index (χ4v) is 3.51. The van der Waals surface area contributed by atoms with Gasteiger partial charge in [0.25, 0.3) is 5.91 Å². The minimum Gasteiger partial charge on any atom is -0.397 e. The molecule has 1 aliphatic rings. The van der Waals surface area contributed by atoms with Gasteiger partial charge in [-0.05, 0) is 38.9 Å². The van der Waals surface area contributed by atoms with E-state index in [-0.39, 0.29) is 11.4 Å². The molecule has 1 fully saturated rings. The normalized spacial score (nSPS) is 26.0. The predicted octanol–water partition coefficient (Wildman–Crippen LogP) is 1.85. The lowest BCUT2D eigenvalue weighted by molar-refractivity contribution is 0.0671. The summed E-state index contributed by atoms with van der Waals surface area (Å²) in [4.78, 5) is 14.6. The topological polar surface area (TPSA) is 63.3 Å². The SMILES string of the molecule is CC1CCCC(CNC(=O)c2cc(N)cn2C)(N(C)C)C1. The van der Waals surface area contributed by atoms with E-state index in [0.717, 1.165) is 12.8 Å². The number of hydrogen-bond donors (Lipinski definition) is 2. The molecule has 5 heteroatoms. The fraction of sp³-hybridized carbons (Fsp3) is 0.688. The van der Waals surface area contributed by atoms with Crippen LogP contribution in [0.25, 0.3) is 0 Å². The Kier molecular flexibility index (Phi) is 4.61. The van der Waals surface area contributed by atoms with Gasteiger partial charge in [-0.25, -0.2) is 0 Å². The lowest BCUT2D eigenvalue weighted by Crippen LogP contribution is -2.55. The molecule has 0 radical (unpaired) electrons. The first-order chi connectivity index (χ1) is 9.84. The van der Waals surface area contributed by atoms with Gasteiger partial charge in [0.15, 0.2) is 0 Å². The minimum atomic E-state index is -0.0475. The van der Waals surface area contributed by atoms with Gasteiger partial charge in [-0.15, -0.1) is 0 Å². The van der Waals surface area contributed by atoms with Crippen molar-refractivity contribution < 1.29 is 4.79 Å². The van der Waals surface area contributed by atoms with Crippen LogP contribution in [0, 0.1) is 5.92 Å². The van der Waals surface area contributed by atoms with Gasteiger partial charge >= 0.3 is 0 Å². The molecule has 1 saturated carbocycles. The lowest BCUT2D eigenvalue weighted by Gasteiger charge is -2.45. The number of carbonyl (C=O) groups is 1. The highest BCUT2D eigenvalue weighted by Crippen LogP contribution is 2.35. The van der Waals surface area contributed by atoms with Crippen LogP contribution < -0.4 is 11.1 Å². The van der Waals surface area contributed by atoms with Crippen LogP contribution in [0.5, 0.6) is 0 Å².